The highest BCUT2D eigenvalue weighted by atomic mass is 79.9. The first-order valence-electron chi connectivity index (χ1n) is 8.03. The summed E-state index contributed by atoms with van der Waals surface area (Å²) in [5, 5.41) is 1.56. The summed E-state index contributed by atoms with van der Waals surface area (Å²) >= 11 is 6.90. The van der Waals surface area contributed by atoms with Crippen LogP contribution in [0.3, 0.4) is 0 Å². The molecule has 2 aromatic rings. The van der Waals surface area contributed by atoms with Crippen molar-refractivity contribution >= 4 is 43.4 Å². The van der Waals surface area contributed by atoms with Crippen LogP contribution in [0, 0.1) is 0 Å². The zero-order chi connectivity index (χ0) is 18.4. The van der Waals surface area contributed by atoms with Gasteiger partial charge in [0.15, 0.2) is 11.6 Å². The molecule has 3 nitrogen and oxygen atoms in total. The Morgan fingerprint density at radius 1 is 0.800 bits per heavy atom. The van der Waals surface area contributed by atoms with Crippen LogP contribution in [0.2, 0.25) is 0 Å². The van der Waals surface area contributed by atoms with Crippen molar-refractivity contribution in [1.82, 2.24) is 0 Å². The predicted octanol–water partition coefficient (Wildman–Crippen LogP) is 5.76. The van der Waals surface area contributed by atoms with Gasteiger partial charge in [-0.1, -0.05) is 31.9 Å². The number of alkyl halides is 2. The third kappa shape index (κ3) is 5.25. The van der Waals surface area contributed by atoms with Crippen LogP contribution in [0.5, 0.6) is 11.5 Å². The first-order valence-corrected chi connectivity index (χ1v) is 10.3. The number of benzene rings is 2. The van der Waals surface area contributed by atoms with Crippen LogP contribution in [-0.2, 0) is 12.8 Å². The summed E-state index contributed by atoms with van der Waals surface area (Å²) in [4.78, 5) is 23.2. The van der Waals surface area contributed by atoms with E-state index < -0.39 is 0 Å². The standard InChI is InChI=1S/C20H20Br2O3/c1-13(23)15-3-5-19(17(11-15)7-9-21)25-20-6-4-16(14(2)24)12-18(20)8-10-22/h3-6,11-12H,7-10H2,1-2H3. The summed E-state index contributed by atoms with van der Waals surface area (Å²) in [5.74, 6) is 1.54. The molecule has 132 valence electrons. The molecule has 2 rings (SSSR count). The first kappa shape index (κ1) is 19.9. The van der Waals surface area contributed by atoms with Gasteiger partial charge in [-0.2, -0.15) is 0 Å². The second-order valence-corrected chi connectivity index (χ2v) is 7.32. The summed E-state index contributed by atoms with van der Waals surface area (Å²) in [6.07, 6.45) is 1.52. The molecule has 0 unspecified atom stereocenters. The Hall–Kier alpha value is -1.46. The molecule has 5 heteroatoms. The van der Waals surface area contributed by atoms with Gasteiger partial charge in [0, 0.05) is 21.8 Å². The molecule has 0 saturated heterocycles. The summed E-state index contributed by atoms with van der Waals surface area (Å²) in [7, 11) is 0. The lowest BCUT2D eigenvalue weighted by Gasteiger charge is -2.15. The fraction of sp³-hybridized carbons (Fsp3) is 0.300. The second kappa shape index (κ2) is 9.30. The molecule has 0 atom stereocenters. The van der Waals surface area contributed by atoms with Crippen molar-refractivity contribution in [2.45, 2.75) is 26.7 Å². The summed E-state index contributed by atoms with van der Waals surface area (Å²) in [5.41, 5.74) is 3.31. The van der Waals surface area contributed by atoms with Crippen LogP contribution in [0.1, 0.15) is 45.7 Å². The fourth-order valence-corrected chi connectivity index (χ4v) is 3.36. The van der Waals surface area contributed by atoms with Gasteiger partial charge in [0.1, 0.15) is 11.5 Å². The molecule has 0 aliphatic carbocycles. The average Bonchev–Trinajstić information content (AvgIpc) is 2.58. The van der Waals surface area contributed by atoms with Crippen molar-refractivity contribution < 1.29 is 14.3 Å². The van der Waals surface area contributed by atoms with Gasteiger partial charge in [0.25, 0.3) is 0 Å². The van der Waals surface area contributed by atoms with Crippen LogP contribution in [0.4, 0.5) is 0 Å². The van der Waals surface area contributed by atoms with Gasteiger partial charge in [-0.25, -0.2) is 0 Å². The minimum atomic E-state index is 0.0353. The van der Waals surface area contributed by atoms with E-state index in [-0.39, 0.29) is 11.6 Å². The van der Waals surface area contributed by atoms with E-state index in [1.54, 1.807) is 26.0 Å². The van der Waals surface area contributed by atoms with E-state index in [9.17, 15) is 9.59 Å². The number of carbonyl (C=O) groups is 2. The first-order chi connectivity index (χ1) is 12.0. The second-order valence-electron chi connectivity index (χ2n) is 5.74. The number of carbonyl (C=O) groups excluding carboxylic acids is 2. The Balaban J connectivity index is 2.41. The molecule has 2 aromatic carbocycles. The maximum Gasteiger partial charge on any atom is 0.159 e. The molecule has 0 N–H and O–H groups in total. The van der Waals surface area contributed by atoms with Crippen LogP contribution in [-0.4, -0.2) is 22.2 Å². The Morgan fingerprint density at radius 3 is 1.52 bits per heavy atom. The zero-order valence-electron chi connectivity index (χ0n) is 14.3. The molecule has 0 fully saturated rings. The van der Waals surface area contributed by atoms with Crippen molar-refractivity contribution in [2.24, 2.45) is 0 Å². The van der Waals surface area contributed by atoms with Crippen molar-refractivity contribution in [2.75, 3.05) is 10.7 Å². The molecule has 0 aromatic heterocycles. The van der Waals surface area contributed by atoms with Crippen molar-refractivity contribution in [1.29, 1.82) is 0 Å². The SMILES string of the molecule is CC(=O)c1ccc(Oc2ccc(C(C)=O)cc2CCBr)c(CCBr)c1. The van der Waals surface area contributed by atoms with Crippen LogP contribution < -0.4 is 4.74 Å². The number of ether oxygens (including phenoxy) is 1. The normalized spacial score (nSPS) is 10.6. The summed E-state index contributed by atoms with van der Waals surface area (Å²) in [6, 6.07) is 11.0. The summed E-state index contributed by atoms with van der Waals surface area (Å²) < 4.78 is 6.15. The Labute approximate surface area is 165 Å². The largest absolute Gasteiger partial charge is 0.457 e. The van der Waals surface area contributed by atoms with E-state index in [1.807, 2.05) is 24.3 Å². The Kier molecular flexibility index (Phi) is 7.38. The van der Waals surface area contributed by atoms with E-state index >= 15 is 0 Å². The van der Waals surface area contributed by atoms with Crippen LogP contribution >= 0.6 is 31.9 Å². The molecule has 0 aliphatic heterocycles. The topological polar surface area (TPSA) is 43.4 Å². The van der Waals surface area contributed by atoms with Crippen LogP contribution in [0.25, 0.3) is 0 Å². The zero-order valence-corrected chi connectivity index (χ0v) is 17.4. The van der Waals surface area contributed by atoms with Gasteiger partial charge in [-0.15, -0.1) is 0 Å². The van der Waals surface area contributed by atoms with Gasteiger partial charge < -0.3 is 4.74 Å². The van der Waals surface area contributed by atoms with Crippen molar-refractivity contribution in [3.05, 3.63) is 58.7 Å². The van der Waals surface area contributed by atoms with Crippen molar-refractivity contribution in [3.8, 4) is 11.5 Å². The number of hydrogen-bond acceptors (Lipinski definition) is 3. The number of ketones is 2. The summed E-state index contributed by atoms with van der Waals surface area (Å²) in [6.45, 7) is 3.12. The monoisotopic (exact) mass is 466 g/mol. The minimum Gasteiger partial charge on any atom is -0.457 e. The highest BCUT2D eigenvalue weighted by Gasteiger charge is 2.12. The molecule has 0 radical (unpaired) electrons. The highest BCUT2D eigenvalue weighted by Crippen LogP contribution is 2.31. The molecular formula is C20H20Br2O3. The highest BCUT2D eigenvalue weighted by molar-refractivity contribution is 9.09. The fourth-order valence-electron chi connectivity index (χ4n) is 2.51. The molecule has 0 heterocycles. The van der Waals surface area contributed by atoms with Gasteiger partial charge >= 0.3 is 0 Å². The average molecular weight is 468 g/mol. The number of aryl methyl sites for hydroxylation is 2. The van der Waals surface area contributed by atoms with E-state index in [4.69, 9.17) is 4.74 Å². The van der Waals surface area contributed by atoms with E-state index in [1.165, 1.54) is 0 Å². The smallest absolute Gasteiger partial charge is 0.159 e. The number of hydrogen-bond donors (Lipinski definition) is 0. The predicted molar refractivity (Wildman–Crippen MR) is 108 cm³/mol. The molecular weight excluding hydrogens is 448 g/mol. The number of halogens is 2. The molecule has 0 saturated carbocycles. The minimum absolute atomic E-state index is 0.0353. The third-order valence-electron chi connectivity index (χ3n) is 3.88. The number of rotatable bonds is 8. The van der Waals surface area contributed by atoms with Gasteiger partial charge in [0.2, 0.25) is 0 Å². The lowest BCUT2D eigenvalue weighted by molar-refractivity contribution is 0.100. The van der Waals surface area contributed by atoms with Gasteiger partial charge in [-0.05, 0) is 74.2 Å². The van der Waals surface area contributed by atoms with E-state index in [2.05, 4.69) is 31.9 Å². The maximum absolute atomic E-state index is 11.6. The third-order valence-corrected chi connectivity index (χ3v) is 4.67. The maximum atomic E-state index is 11.6. The van der Waals surface area contributed by atoms with E-state index in [0.29, 0.717) is 11.1 Å². The number of Topliss-reactive ketones (excluding diaryl/α,β-unsaturated/α-hetero) is 2. The Morgan fingerprint density at radius 2 is 1.20 bits per heavy atom. The Bertz CT molecular complexity index is 719. The van der Waals surface area contributed by atoms with E-state index in [0.717, 1.165) is 46.1 Å². The van der Waals surface area contributed by atoms with Gasteiger partial charge in [0.05, 0.1) is 0 Å². The molecule has 0 bridgehead atoms. The van der Waals surface area contributed by atoms with Crippen molar-refractivity contribution in [3.63, 3.8) is 0 Å². The molecule has 25 heavy (non-hydrogen) atoms. The van der Waals surface area contributed by atoms with Gasteiger partial charge in [-0.3, -0.25) is 9.59 Å². The lowest BCUT2D eigenvalue weighted by Crippen LogP contribution is -2.01. The quantitative estimate of drug-likeness (QED) is 0.366. The molecule has 0 amide bonds. The lowest BCUT2D eigenvalue weighted by atomic mass is 10.0. The van der Waals surface area contributed by atoms with Crippen LogP contribution in [0.15, 0.2) is 36.4 Å². The molecule has 0 spiro atoms. The molecule has 0 aliphatic rings.